The van der Waals surface area contributed by atoms with Crippen LogP contribution in [-0.2, 0) is 9.53 Å². The Morgan fingerprint density at radius 1 is 1.00 bits per heavy atom. The molecule has 4 fully saturated rings. The quantitative estimate of drug-likeness (QED) is 0.688. The van der Waals surface area contributed by atoms with Crippen molar-refractivity contribution in [2.45, 2.75) is 83.3 Å². The number of ether oxygens (including phenoxy) is 1. The summed E-state index contributed by atoms with van der Waals surface area (Å²) in [6, 6.07) is 0. The molecule has 5 aliphatic rings. The fourth-order valence-electron chi connectivity index (χ4n) is 8.51. The molecule has 5 rings (SSSR count). The standard InChI is InChI=1S/C23H34O4/c1-21-8-6-16(24)12-15(21)5-10-23(26)18-4-3-17(14-11-20(25)27-13-14)22(18,2)9-7-19(21)23/h11,15-19,24,26H,3-10,12-13H2,1-2H3/t15-,16-,17+,18-,19+,21-,22+,23?/m0/s1. The first kappa shape index (κ1) is 18.2. The maximum atomic E-state index is 12.1. The fraction of sp³-hybridized carbons (Fsp3) is 0.870. The summed E-state index contributed by atoms with van der Waals surface area (Å²) in [7, 11) is 0. The molecule has 2 N–H and O–H groups in total. The molecule has 8 atom stereocenters. The minimum absolute atomic E-state index is 0.0719. The summed E-state index contributed by atoms with van der Waals surface area (Å²) in [5, 5.41) is 22.3. The Bertz CT molecular complexity index is 686. The number of hydrogen-bond acceptors (Lipinski definition) is 4. The lowest BCUT2D eigenvalue weighted by molar-refractivity contribution is -0.224. The average Bonchev–Trinajstić information content (AvgIpc) is 3.19. The van der Waals surface area contributed by atoms with Gasteiger partial charge in [-0.1, -0.05) is 13.8 Å². The van der Waals surface area contributed by atoms with E-state index < -0.39 is 5.60 Å². The van der Waals surface area contributed by atoms with Crippen molar-refractivity contribution >= 4 is 5.97 Å². The highest BCUT2D eigenvalue weighted by atomic mass is 16.5. The normalized spacial score (nSPS) is 54.6. The third-order valence-corrected chi connectivity index (χ3v) is 9.84. The molecule has 0 aromatic rings. The van der Waals surface area contributed by atoms with E-state index >= 15 is 0 Å². The zero-order valence-corrected chi connectivity index (χ0v) is 16.7. The molecule has 0 bridgehead atoms. The summed E-state index contributed by atoms with van der Waals surface area (Å²) in [5.41, 5.74) is 0.812. The van der Waals surface area contributed by atoms with Gasteiger partial charge in [0, 0.05) is 6.08 Å². The molecular formula is C23H34O4. The zero-order valence-electron chi connectivity index (χ0n) is 16.7. The zero-order chi connectivity index (χ0) is 19.0. The van der Waals surface area contributed by atoms with Crippen LogP contribution in [0.3, 0.4) is 0 Å². The number of aliphatic hydroxyl groups excluding tert-OH is 1. The van der Waals surface area contributed by atoms with Gasteiger partial charge in [0.25, 0.3) is 0 Å². The van der Waals surface area contributed by atoms with E-state index in [0.29, 0.717) is 30.3 Å². The minimum atomic E-state index is -0.584. The van der Waals surface area contributed by atoms with E-state index in [1.54, 1.807) is 6.08 Å². The molecule has 0 radical (unpaired) electrons. The third kappa shape index (κ3) is 2.38. The van der Waals surface area contributed by atoms with Gasteiger partial charge in [0.05, 0.1) is 11.7 Å². The molecule has 1 aliphatic heterocycles. The first-order chi connectivity index (χ1) is 12.8. The summed E-state index contributed by atoms with van der Waals surface area (Å²) in [5.74, 6) is 1.39. The number of carbonyl (C=O) groups is 1. The van der Waals surface area contributed by atoms with Gasteiger partial charge in [-0.3, -0.25) is 0 Å². The van der Waals surface area contributed by atoms with Crippen LogP contribution in [0.5, 0.6) is 0 Å². The average molecular weight is 375 g/mol. The van der Waals surface area contributed by atoms with E-state index in [0.717, 1.165) is 63.4 Å². The minimum Gasteiger partial charge on any atom is -0.458 e. The molecule has 4 heteroatoms. The lowest BCUT2D eigenvalue weighted by Gasteiger charge is -2.64. The lowest BCUT2D eigenvalue weighted by Crippen LogP contribution is -2.64. The molecule has 0 aromatic heterocycles. The molecule has 150 valence electrons. The topological polar surface area (TPSA) is 66.8 Å². The summed E-state index contributed by atoms with van der Waals surface area (Å²) in [6.45, 7) is 5.22. The molecule has 0 spiro atoms. The summed E-state index contributed by atoms with van der Waals surface area (Å²) in [4.78, 5) is 11.6. The van der Waals surface area contributed by atoms with Gasteiger partial charge in [-0.15, -0.1) is 0 Å². The number of rotatable bonds is 1. The smallest absolute Gasteiger partial charge is 0.331 e. The van der Waals surface area contributed by atoms with Gasteiger partial charge in [-0.05, 0) is 97.9 Å². The Kier molecular flexibility index (Phi) is 3.92. The summed E-state index contributed by atoms with van der Waals surface area (Å²) < 4.78 is 5.21. The number of esters is 1. The SMILES string of the molecule is C[C@]12CC[C@H](O)C[C@@H]1CCC1(O)[C@H]3CC[C@H](C4=CC(=O)OC4)[C@@]3(C)CC[C@@H]12. The van der Waals surface area contributed by atoms with Gasteiger partial charge in [0.15, 0.2) is 0 Å². The van der Waals surface area contributed by atoms with E-state index in [4.69, 9.17) is 4.74 Å². The Morgan fingerprint density at radius 3 is 2.48 bits per heavy atom. The second-order valence-electron chi connectivity index (χ2n) is 10.8. The van der Waals surface area contributed by atoms with Crippen LogP contribution in [0.25, 0.3) is 0 Å². The third-order valence-electron chi connectivity index (χ3n) is 9.84. The first-order valence-corrected chi connectivity index (χ1v) is 11.0. The second kappa shape index (κ2) is 5.82. The van der Waals surface area contributed by atoms with Crippen LogP contribution < -0.4 is 0 Å². The maximum absolute atomic E-state index is 12.1. The van der Waals surface area contributed by atoms with Crippen LogP contribution in [0.2, 0.25) is 0 Å². The van der Waals surface area contributed by atoms with Crippen LogP contribution in [0.15, 0.2) is 11.6 Å². The largest absolute Gasteiger partial charge is 0.458 e. The van der Waals surface area contributed by atoms with Crippen molar-refractivity contribution in [1.82, 2.24) is 0 Å². The predicted molar refractivity (Wildman–Crippen MR) is 102 cm³/mol. The number of cyclic esters (lactones) is 1. The maximum Gasteiger partial charge on any atom is 0.331 e. The van der Waals surface area contributed by atoms with E-state index in [1.807, 2.05) is 0 Å². The van der Waals surface area contributed by atoms with Crippen molar-refractivity contribution in [1.29, 1.82) is 0 Å². The van der Waals surface area contributed by atoms with E-state index in [1.165, 1.54) is 0 Å². The number of hydrogen-bond donors (Lipinski definition) is 2. The molecule has 0 aromatic carbocycles. The molecule has 0 saturated heterocycles. The molecular weight excluding hydrogens is 340 g/mol. The van der Waals surface area contributed by atoms with Crippen molar-refractivity contribution in [3.63, 3.8) is 0 Å². The van der Waals surface area contributed by atoms with Crippen LogP contribution in [-0.4, -0.2) is 34.5 Å². The van der Waals surface area contributed by atoms with Gasteiger partial charge in [0.2, 0.25) is 0 Å². The van der Waals surface area contributed by atoms with Crippen LogP contribution >= 0.6 is 0 Å². The van der Waals surface area contributed by atoms with E-state index in [2.05, 4.69) is 13.8 Å². The molecule has 4 aliphatic carbocycles. The van der Waals surface area contributed by atoms with Crippen molar-refractivity contribution in [2.24, 2.45) is 34.5 Å². The number of fused-ring (bicyclic) bond motifs is 5. The van der Waals surface area contributed by atoms with Gasteiger partial charge < -0.3 is 14.9 Å². The molecule has 27 heavy (non-hydrogen) atoms. The Morgan fingerprint density at radius 2 is 1.74 bits per heavy atom. The van der Waals surface area contributed by atoms with Crippen molar-refractivity contribution in [3.05, 3.63) is 11.6 Å². The van der Waals surface area contributed by atoms with E-state index in [9.17, 15) is 15.0 Å². The van der Waals surface area contributed by atoms with Crippen LogP contribution in [0.1, 0.15) is 71.6 Å². The highest BCUT2D eigenvalue weighted by molar-refractivity contribution is 5.85. The Balaban J connectivity index is 1.47. The fourth-order valence-corrected chi connectivity index (χ4v) is 8.51. The first-order valence-electron chi connectivity index (χ1n) is 11.0. The van der Waals surface area contributed by atoms with Crippen molar-refractivity contribution in [2.75, 3.05) is 6.61 Å². The number of aliphatic hydroxyl groups is 2. The van der Waals surface area contributed by atoms with Gasteiger partial charge in [-0.2, -0.15) is 0 Å². The van der Waals surface area contributed by atoms with Gasteiger partial charge >= 0.3 is 5.97 Å². The van der Waals surface area contributed by atoms with Crippen LogP contribution in [0, 0.1) is 34.5 Å². The number of carbonyl (C=O) groups excluding carboxylic acids is 1. The molecule has 4 nitrogen and oxygen atoms in total. The van der Waals surface area contributed by atoms with Gasteiger partial charge in [0.1, 0.15) is 6.61 Å². The van der Waals surface area contributed by atoms with Crippen molar-refractivity contribution in [3.8, 4) is 0 Å². The van der Waals surface area contributed by atoms with E-state index in [-0.39, 0.29) is 22.9 Å². The monoisotopic (exact) mass is 374 g/mol. The van der Waals surface area contributed by atoms with Crippen LogP contribution in [0.4, 0.5) is 0 Å². The summed E-state index contributed by atoms with van der Waals surface area (Å²) >= 11 is 0. The molecule has 1 heterocycles. The molecule has 0 amide bonds. The Hall–Kier alpha value is -0.870. The predicted octanol–water partition coefficient (Wildman–Crippen LogP) is 3.60. The van der Waals surface area contributed by atoms with Crippen molar-refractivity contribution < 1.29 is 19.7 Å². The second-order valence-corrected chi connectivity index (χ2v) is 10.8. The summed E-state index contributed by atoms with van der Waals surface area (Å²) in [6.07, 6.45) is 10.7. The molecule has 1 unspecified atom stereocenters. The van der Waals surface area contributed by atoms with Gasteiger partial charge in [-0.25, -0.2) is 4.79 Å². The molecule has 4 saturated carbocycles. The highest BCUT2D eigenvalue weighted by Crippen LogP contribution is 2.69. The Labute approximate surface area is 162 Å². The highest BCUT2D eigenvalue weighted by Gasteiger charge is 2.66. The lowest BCUT2D eigenvalue weighted by atomic mass is 9.42.